The van der Waals surface area contributed by atoms with Crippen LogP contribution in [0.15, 0.2) is 42.5 Å². The first-order chi connectivity index (χ1) is 10.8. The van der Waals surface area contributed by atoms with E-state index < -0.39 is 12.0 Å². The molecule has 0 aliphatic heterocycles. The molecule has 0 aliphatic carbocycles. The lowest BCUT2D eigenvalue weighted by Gasteiger charge is -2.15. The first-order valence-electron chi connectivity index (χ1n) is 6.68. The zero-order chi connectivity index (χ0) is 17.0. The van der Waals surface area contributed by atoms with E-state index in [1.165, 1.54) is 12.1 Å². The summed E-state index contributed by atoms with van der Waals surface area (Å²) in [4.78, 5) is 23.1. The standard InChI is InChI=1S/C16H14Cl2N2O3/c1-9(23-14-4-2-10(3-5-14)15(19)21)16(22)20-13-7-11(17)6-12(18)8-13/h2-9H,1H3,(H2,19,21)(H,20,22)/t9-/m0/s1. The minimum Gasteiger partial charge on any atom is -0.481 e. The van der Waals surface area contributed by atoms with Crippen LogP contribution in [0.1, 0.15) is 17.3 Å². The number of primary amides is 1. The third-order valence-corrected chi connectivity index (χ3v) is 3.39. The molecule has 0 spiro atoms. The highest BCUT2D eigenvalue weighted by atomic mass is 35.5. The number of rotatable bonds is 5. The average Bonchev–Trinajstić information content (AvgIpc) is 2.46. The molecule has 5 nitrogen and oxygen atoms in total. The number of nitrogens with one attached hydrogen (secondary N) is 1. The van der Waals surface area contributed by atoms with Crippen LogP contribution in [0.25, 0.3) is 0 Å². The summed E-state index contributed by atoms with van der Waals surface area (Å²) < 4.78 is 5.51. The molecule has 1 atom stereocenters. The van der Waals surface area contributed by atoms with Crippen LogP contribution in [-0.2, 0) is 4.79 Å². The highest BCUT2D eigenvalue weighted by Gasteiger charge is 2.15. The molecule has 120 valence electrons. The summed E-state index contributed by atoms with van der Waals surface area (Å²) in [5, 5.41) is 3.51. The van der Waals surface area contributed by atoms with Crippen molar-refractivity contribution in [2.75, 3.05) is 5.32 Å². The maximum absolute atomic E-state index is 12.1. The van der Waals surface area contributed by atoms with Gasteiger partial charge < -0.3 is 15.8 Å². The molecule has 0 unspecified atom stereocenters. The number of anilines is 1. The number of carbonyl (C=O) groups is 2. The van der Waals surface area contributed by atoms with Crippen molar-refractivity contribution in [3.63, 3.8) is 0 Å². The Labute approximate surface area is 143 Å². The molecule has 0 saturated heterocycles. The highest BCUT2D eigenvalue weighted by Crippen LogP contribution is 2.23. The van der Waals surface area contributed by atoms with Gasteiger partial charge in [0.25, 0.3) is 5.91 Å². The van der Waals surface area contributed by atoms with Gasteiger partial charge in [-0.05, 0) is 49.4 Å². The second-order valence-electron chi connectivity index (χ2n) is 4.80. The fraction of sp³-hybridized carbons (Fsp3) is 0.125. The summed E-state index contributed by atoms with van der Waals surface area (Å²) in [5.41, 5.74) is 6.00. The van der Waals surface area contributed by atoms with Gasteiger partial charge in [0.05, 0.1) is 0 Å². The molecule has 2 aromatic rings. The third-order valence-electron chi connectivity index (χ3n) is 2.95. The minimum atomic E-state index is -0.757. The third kappa shape index (κ3) is 4.87. The van der Waals surface area contributed by atoms with Gasteiger partial charge in [0, 0.05) is 21.3 Å². The number of carbonyl (C=O) groups excluding carboxylic acids is 2. The summed E-state index contributed by atoms with van der Waals surface area (Å²) in [7, 11) is 0. The molecule has 0 bridgehead atoms. The fourth-order valence-corrected chi connectivity index (χ4v) is 2.35. The zero-order valence-electron chi connectivity index (χ0n) is 12.2. The van der Waals surface area contributed by atoms with Gasteiger partial charge in [-0.15, -0.1) is 0 Å². The SMILES string of the molecule is C[C@H](Oc1ccc(C(N)=O)cc1)C(=O)Nc1cc(Cl)cc(Cl)c1. The number of ether oxygens (including phenoxy) is 1. The first kappa shape index (κ1) is 17.1. The Morgan fingerprint density at radius 2 is 1.65 bits per heavy atom. The van der Waals surface area contributed by atoms with Crippen LogP contribution in [0.4, 0.5) is 5.69 Å². The Hall–Kier alpha value is -2.24. The molecule has 0 aliphatic rings. The van der Waals surface area contributed by atoms with Crippen molar-refractivity contribution in [1.82, 2.24) is 0 Å². The van der Waals surface area contributed by atoms with Gasteiger partial charge in [-0.3, -0.25) is 9.59 Å². The molecule has 2 rings (SSSR count). The Morgan fingerprint density at radius 1 is 1.09 bits per heavy atom. The number of nitrogens with two attached hydrogens (primary N) is 1. The lowest BCUT2D eigenvalue weighted by Crippen LogP contribution is -2.30. The van der Waals surface area contributed by atoms with Crippen molar-refractivity contribution < 1.29 is 14.3 Å². The van der Waals surface area contributed by atoms with E-state index in [9.17, 15) is 9.59 Å². The average molecular weight is 353 g/mol. The monoisotopic (exact) mass is 352 g/mol. The largest absolute Gasteiger partial charge is 0.481 e. The van der Waals surface area contributed by atoms with Crippen molar-refractivity contribution in [2.24, 2.45) is 5.73 Å². The van der Waals surface area contributed by atoms with E-state index in [1.54, 1.807) is 37.3 Å². The molecule has 7 heteroatoms. The van der Waals surface area contributed by atoms with E-state index in [1.807, 2.05) is 0 Å². The maximum Gasteiger partial charge on any atom is 0.265 e. The maximum atomic E-state index is 12.1. The number of hydrogen-bond acceptors (Lipinski definition) is 3. The molecule has 0 heterocycles. The summed E-state index contributed by atoms with van der Waals surface area (Å²) in [5.74, 6) is -0.440. The van der Waals surface area contributed by atoms with E-state index in [0.717, 1.165) is 0 Å². The Morgan fingerprint density at radius 3 is 2.17 bits per heavy atom. The van der Waals surface area contributed by atoms with E-state index >= 15 is 0 Å². The highest BCUT2D eigenvalue weighted by molar-refractivity contribution is 6.35. The van der Waals surface area contributed by atoms with E-state index in [0.29, 0.717) is 27.0 Å². The van der Waals surface area contributed by atoms with Gasteiger partial charge >= 0.3 is 0 Å². The predicted molar refractivity (Wildman–Crippen MR) is 90.1 cm³/mol. The van der Waals surface area contributed by atoms with Gasteiger partial charge in [0.15, 0.2) is 6.10 Å². The zero-order valence-corrected chi connectivity index (χ0v) is 13.7. The molecule has 0 saturated carbocycles. The lowest BCUT2D eigenvalue weighted by molar-refractivity contribution is -0.122. The van der Waals surface area contributed by atoms with E-state index in [4.69, 9.17) is 33.7 Å². The number of benzene rings is 2. The topological polar surface area (TPSA) is 81.4 Å². The molecule has 0 fully saturated rings. The molecular formula is C16H14Cl2N2O3. The lowest BCUT2D eigenvalue weighted by atomic mass is 10.2. The van der Waals surface area contributed by atoms with Crippen LogP contribution in [-0.4, -0.2) is 17.9 Å². The minimum absolute atomic E-state index is 0.359. The normalized spacial score (nSPS) is 11.6. The molecule has 2 amide bonds. The van der Waals surface area contributed by atoms with Gasteiger partial charge in [-0.2, -0.15) is 0 Å². The quantitative estimate of drug-likeness (QED) is 0.863. The molecule has 3 N–H and O–H groups in total. The summed E-state index contributed by atoms with van der Waals surface area (Å²) in [6, 6.07) is 10.9. The molecule has 23 heavy (non-hydrogen) atoms. The number of halogens is 2. The van der Waals surface area contributed by atoms with Crippen molar-refractivity contribution in [1.29, 1.82) is 0 Å². The van der Waals surface area contributed by atoms with Gasteiger partial charge in [0.2, 0.25) is 5.91 Å². The van der Waals surface area contributed by atoms with Crippen LogP contribution in [0.3, 0.4) is 0 Å². The van der Waals surface area contributed by atoms with Crippen LogP contribution in [0, 0.1) is 0 Å². The second-order valence-corrected chi connectivity index (χ2v) is 5.67. The van der Waals surface area contributed by atoms with E-state index in [-0.39, 0.29) is 5.91 Å². The van der Waals surface area contributed by atoms with Crippen molar-refractivity contribution in [3.05, 3.63) is 58.1 Å². The second kappa shape index (κ2) is 7.35. The van der Waals surface area contributed by atoms with Crippen LogP contribution >= 0.6 is 23.2 Å². The number of hydrogen-bond donors (Lipinski definition) is 2. The van der Waals surface area contributed by atoms with Crippen molar-refractivity contribution >= 4 is 40.7 Å². The summed E-state index contributed by atoms with van der Waals surface area (Å²) >= 11 is 11.8. The van der Waals surface area contributed by atoms with Crippen molar-refractivity contribution in [2.45, 2.75) is 13.0 Å². The molecular weight excluding hydrogens is 339 g/mol. The summed E-state index contributed by atoms with van der Waals surface area (Å²) in [6.07, 6.45) is -0.757. The van der Waals surface area contributed by atoms with Gasteiger partial charge in [0.1, 0.15) is 5.75 Å². The molecule has 0 radical (unpaired) electrons. The summed E-state index contributed by atoms with van der Waals surface area (Å²) in [6.45, 7) is 1.60. The Kier molecular flexibility index (Phi) is 5.47. The number of amides is 2. The smallest absolute Gasteiger partial charge is 0.265 e. The molecule has 2 aromatic carbocycles. The van der Waals surface area contributed by atoms with Crippen LogP contribution < -0.4 is 15.8 Å². The van der Waals surface area contributed by atoms with E-state index in [2.05, 4.69) is 5.32 Å². The van der Waals surface area contributed by atoms with Gasteiger partial charge in [-0.25, -0.2) is 0 Å². The predicted octanol–water partition coefficient (Wildman–Crippen LogP) is 3.50. The van der Waals surface area contributed by atoms with Crippen LogP contribution in [0.5, 0.6) is 5.75 Å². The first-order valence-corrected chi connectivity index (χ1v) is 7.44. The fourth-order valence-electron chi connectivity index (χ4n) is 1.83. The van der Waals surface area contributed by atoms with Crippen molar-refractivity contribution in [3.8, 4) is 5.75 Å². The Balaban J connectivity index is 2.00. The van der Waals surface area contributed by atoms with Gasteiger partial charge in [-0.1, -0.05) is 23.2 Å². The molecule has 0 aromatic heterocycles. The van der Waals surface area contributed by atoms with Crippen LogP contribution in [0.2, 0.25) is 10.0 Å². The Bertz CT molecular complexity index is 712.